The van der Waals surface area contributed by atoms with Crippen molar-refractivity contribution >= 4 is 97.2 Å². The summed E-state index contributed by atoms with van der Waals surface area (Å²) in [6.45, 7) is 0.766. The highest BCUT2D eigenvalue weighted by Gasteiger charge is 2.28. The van der Waals surface area contributed by atoms with Crippen LogP contribution in [0.25, 0.3) is 0 Å². The number of benzene rings is 1. The molecule has 26 heavy (non-hydrogen) atoms. The van der Waals surface area contributed by atoms with Crippen LogP contribution in [0.15, 0.2) is 0 Å². The van der Waals surface area contributed by atoms with Crippen LogP contribution in [0.1, 0.15) is 27.6 Å². The Balaban J connectivity index is 3.30. The maximum absolute atomic E-state index is 12.5. The normalized spacial score (nSPS) is 10.2. The Labute approximate surface area is 189 Å². The van der Waals surface area contributed by atoms with E-state index < -0.39 is 23.7 Å². The number of carbonyl (C=O) groups is 4. The van der Waals surface area contributed by atoms with E-state index in [-0.39, 0.29) is 40.1 Å². The molecule has 12 heteroatoms. The fourth-order valence-electron chi connectivity index (χ4n) is 1.84. The van der Waals surface area contributed by atoms with Gasteiger partial charge in [-0.15, -0.1) is 0 Å². The number of nitrogens with one attached hydrogen (secondary N) is 3. The molecule has 0 bridgehead atoms. The van der Waals surface area contributed by atoms with Gasteiger partial charge in [-0.05, 0) is 67.8 Å². The number of hydrogen-bond donors (Lipinski definition) is 5. The number of hydrogen-bond acceptors (Lipinski definition) is 5. The molecule has 0 aliphatic heterocycles. The second kappa shape index (κ2) is 10.5. The first kappa shape index (κ1) is 23.3. The largest absolute Gasteiger partial charge is 0.478 e. The van der Waals surface area contributed by atoms with E-state index in [0.717, 1.165) is 0 Å². The zero-order valence-corrected chi connectivity index (χ0v) is 19.8. The van der Waals surface area contributed by atoms with Crippen molar-refractivity contribution in [2.75, 3.05) is 25.0 Å². The molecule has 0 saturated heterocycles. The molecule has 1 aromatic rings. The molecule has 0 spiro atoms. The lowest BCUT2D eigenvalue weighted by molar-refractivity contribution is -0.120. The number of anilines is 1. The molecule has 0 aromatic heterocycles. The van der Waals surface area contributed by atoms with E-state index >= 15 is 0 Å². The van der Waals surface area contributed by atoms with Crippen molar-refractivity contribution in [3.05, 3.63) is 21.8 Å². The summed E-state index contributed by atoms with van der Waals surface area (Å²) >= 11 is 5.41. The summed E-state index contributed by atoms with van der Waals surface area (Å²) in [6.07, 6.45) is 0. The fourth-order valence-corrected chi connectivity index (χ4v) is 6.23. The Morgan fingerprint density at radius 1 is 0.962 bits per heavy atom. The zero-order chi connectivity index (χ0) is 20.0. The monoisotopic (exact) mass is 701 g/mol. The summed E-state index contributed by atoms with van der Waals surface area (Å²) in [7, 11) is 0. The highest BCUT2D eigenvalue weighted by Crippen LogP contribution is 2.35. The van der Waals surface area contributed by atoms with Crippen molar-refractivity contribution in [2.45, 2.75) is 6.92 Å². The van der Waals surface area contributed by atoms with E-state index in [1.165, 1.54) is 6.92 Å². The Morgan fingerprint density at radius 2 is 1.54 bits per heavy atom. The number of carbonyl (C=O) groups excluding carboxylic acids is 3. The Hall–Kier alpha value is -0.750. The smallest absolute Gasteiger partial charge is 0.337 e. The van der Waals surface area contributed by atoms with E-state index in [2.05, 4.69) is 16.0 Å². The highest BCUT2D eigenvalue weighted by molar-refractivity contribution is 14.1. The molecule has 3 amide bonds. The molecule has 0 aliphatic carbocycles. The van der Waals surface area contributed by atoms with Gasteiger partial charge in [0.1, 0.15) is 0 Å². The first-order valence-electron chi connectivity index (χ1n) is 6.98. The number of carboxylic acids is 1. The number of aliphatic hydroxyl groups is 1. The van der Waals surface area contributed by atoms with Gasteiger partial charge in [0.05, 0.1) is 37.1 Å². The third kappa shape index (κ3) is 5.88. The molecule has 0 radical (unpaired) electrons. The maximum Gasteiger partial charge on any atom is 0.337 e. The average Bonchev–Trinajstić information content (AvgIpc) is 2.54. The molecule has 0 atom stereocenters. The molecule has 0 heterocycles. The van der Waals surface area contributed by atoms with Gasteiger partial charge in [-0.1, -0.05) is 0 Å². The van der Waals surface area contributed by atoms with Crippen molar-refractivity contribution in [1.29, 1.82) is 0 Å². The van der Waals surface area contributed by atoms with Gasteiger partial charge in [-0.25, -0.2) is 4.79 Å². The van der Waals surface area contributed by atoms with Crippen LogP contribution in [-0.4, -0.2) is 53.6 Å². The molecule has 0 aliphatic rings. The second-order valence-corrected chi connectivity index (χ2v) is 8.05. The van der Waals surface area contributed by atoms with E-state index in [4.69, 9.17) is 5.11 Å². The molecule has 5 N–H and O–H groups in total. The third-order valence-electron chi connectivity index (χ3n) is 2.90. The minimum absolute atomic E-state index is 0.0581. The minimum atomic E-state index is -1.24. The topological polar surface area (TPSA) is 145 Å². The lowest BCUT2D eigenvalue weighted by Gasteiger charge is -2.17. The Kier molecular flexibility index (Phi) is 9.45. The average molecular weight is 701 g/mol. The molecule has 1 aromatic carbocycles. The van der Waals surface area contributed by atoms with Crippen LogP contribution in [-0.2, 0) is 9.59 Å². The maximum atomic E-state index is 12.5. The van der Waals surface area contributed by atoms with Crippen LogP contribution in [0.4, 0.5) is 5.69 Å². The van der Waals surface area contributed by atoms with Crippen LogP contribution in [0.5, 0.6) is 0 Å². The van der Waals surface area contributed by atoms with Gasteiger partial charge in [-0.2, -0.15) is 0 Å². The molecule has 142 valence electrons. The van der Waals surface area contributed by atoms with Gasteiger partial charge in [0.25, 0.3) is 5.91 Å². The van der Waals surface area contributed by atoms with Gasteiger partial charge in [0, 0.05) is 17.0 Å². The standard InChI is InChI=1S/C14H14I3N3O6/c1-5(22)20-12-10(16)7(9(15)8(11(12)17)14(25)26)13(24)19-4-6(23)18-2-3-21/h21H,2-4H2,1H3,(H,18,23)(H,19,24)(H,20,22)(H,25,26). The summed E-state index contributed by atoms with van der Waals surface area (Å²) in [4.78, 5) is 47.1. The summed E-state index contributed by atoms with van der Waals surface area (Å²) in [5.41, 5.74) is 0.180. The molecule has 0 saturated carbocycles. The number of carboxylic acid groups (broad SMARTS) is 1. The van der Waals surface area contributed by atoms with Crippen LogP contribution in [0, 0.1) is 10.7 Å². The predicted molar refractivity (Wildman–Crippen MR) is 118 cm³/mol. The van der Waals surface area contributed by atoms with Crippen molar-refractivity contribution in [3.63, 3.8) is 0 Å². The quantitative estimate of drug-likeness (QED) is 0.269. The van der Waals surface area contributed by atoms with E-state index in [0.29, 0.717) is 7.14 Å². The molecule has 0 unspecified atom stereocenters. The van der Waals surface area contributed by atoms with Gasteiger partial charge in [0.15, 0.2) is 0 Å². The van der Waals surface area contributed by atoms with Crippen LogP contribution in [0.3, 0.4) is 0 Å². The number of aromatic carboxylic acids is 1. The lowest BCUT2D eigenvalue weighted by Crippen LogP contribution is -2.38. The molecular formula is C14H14I3N3O6. The number of amides is 3. The van der Waals surface area contributed by atoms with Crippen molar-refractivity contribution in [1.82, 2.24) is 10.6 Å². The number of aliphatic hydroxyl groups excluding tert-OH is 1. The fraction of sp³-hybridized carbons (Fsp3) is 0.286. The molecule has 9 nitrogen and oxygen atoms in total. The Bertz CT molecular complexity index is 769. The van der Waals surface area contributed by atoms with E-state index in [9.17, 15) is 24.3 Å². The number of rotatable bonds is 7. The van der Waals surface area contributed by atoms with Crippen LogP contribution < -0.4 is 16.0 Å². The van der Waals surface area contributed by atoms with Gasteiger partial charge >= 0.3 is 5.97 Å². The summed E-state index contributed by atoms with van der Waals surface area (Å²) < 4.78 is 0.868. The molecule has 0 fully saturated rings. The molecule has 1 rings (SSSR count). The minimum Gasteiger partial charge on any atom is -0.478 e. The van der Waals surface area contributed by atoms with Gasteiger partial charge in [0.2, 0.25) is 11.8 Å². The van der Waals surface area contributed by atoms with Gasteiger partial charge < -0.3 is 26.2 Å². The lowest BCUT2D eigenvalue weighted by atomic mass is 10.1. The first-order valence-corrected chi connectivity index (χ1v) is 10.2. The van der Waals surface area contributed by atoms with Crippen molar-refractivity contribution < 1.29 is 29.4 Å². The highest BCUT2D eigenvalue weighted by atomic mass is 127. The summed E-state index contributed by atoms with van der Waals surface area (Å²) in [5, 5.41) is 25.5. The van der Waals surface area contributed by atoms with Crippen LogP contribution in [0.2, 0.25) is 0 Å². The predicted octanol–water partition coefficient (Wildman–Crippen LogP) is 0.995. The van der Waals surface area contributed by atoms with Crippen LogP contribution >= 0.6 is 67.8 Å². The van der Waals surface area contributed by atoms with Gasteiger partial charge in [-0.3, -0.25) is 14.4 Å². The Morgan fingerprint density at radius 3 is 2.04 bits per heavy atom. The number of halogens is 3. The summed E-state index contributed by atoms with van der Waals surface area (Å²) in [6, 6.07) is 0. The van der Waals surface area contributed by atoms with E-state index in [1.807, 2.05) is 22.6 Å². The van der Waals surface area contributed by atoms with Crippen molar-refractivity contribution in [2.24, 2.45) is 0 Å². The van der Waals surface area contributed by atoms with Crippen molar-refractivity contribution in [3.8, 4) is 0 Å². The first-order chi connectivity index (χ1) is 12.1. The van der Waals surface area contributed by atoms with E-state index in [1.54, 1.807) is 45.2 Å². The molecular weight excluding hydrogens is 687 g/mol. The third-order valence-corrected chi connectivity index (χ3v) is 6.14. The summed E-state index contributed by atoms with van der Waals surface area (Å²) in [5.74, 6) is -2.79. The zero-order valence-electron chi connectivity index (χ0n) is 13.3. The second-order valence-electron chi connectivity index (χ2n) is 4.81. The SMILES string of the molecule is CC(=O)Nc1c(I)c(C(=O)O)c(I)c(C(=O)NCC(=O)NCCO)c1I.